The van der Waals surface area contributed by atoms with Crippen LogP contribution in [0, 0.1) is 11.3 Å². The zero-order valence-electron chi connectivity index (χ0n) is 14.7. The first-order chi connectivity index (χ1) is 12.2. The number of nitriles is 1. The van der Waals surface area contributed by atoms with Crippen LogP contribution in [0.1, 0.15) is 60.3 Å². The summed E-state index contributed by atoms with van der Waals surface area (Å²) in [7, 11) is 0. The van der Waals surface area contributed by atoms with Crippen molar-refractivity contribution in [1.29, 1.82) is 5.26 Å². The highest BCUT2D eigenvalue weighted by molar-refractivity contribution is 5.94. The number of imidazole rings is 1. The van der Waals surface area contributed by atoms with Gasteiger partial charge in [-0.1, -0.05) is 19.4 Å². The van der Waals surface area contributed by atoms with Gasteiger partial charge in [0.15, 0.2) is 0 Å². The summed E-state index contributed by atoms with van der Waals surface area (Å²) in [6, 6.07) is 9.05. The Morgan fingerprint density at radius 2 is 2.32 bits per heavy atom. The summed E-state index contributed by atoms with van der Waals surface area (Å²) in [5.41, 5.74) is 1.11. The average Bonchev–Trinajstić information content (AvgIpc) is 3.14. The number of hydrogen-bond donors (Lipinski definition) is 0. The van der Waals surface area contributed by atoms with Crippen molar-refractivity contribution in [3.8, 4) is 6.07 Å². The summed E-state index contributed by atoms with van der Waals surface area (Å²) in [6.07, 6.45) is 8.24. The Kier molecular flexibility index (Phi) is 5.49. The molecule has 0 saturated carbocycles. The number of hydrogen-bond acceptors (Lipinski definition) is 3. The van der Waals surface area contributed by atoms with Crippen molar-refractivity contribution in [2.45, 2.75) is 45.1 Å². The van der Waals surface area contributed by atoms with Crippen LogP contribution in [0.15, 0.2) is 36.7 Å². The molecule has 0 bridgehead atoms. The van der Waals surface area contributed by atoms with Crippen LogP contribution in [0.3, 0.4) is 0 Å². The highest BCUT2D eigenvalue weighted by Crippen LogP contribution is 2.27. The van der Waals surface area contributed by atoms with E-state index >= 15 is 0 Å². The molecule has 0 spiro atoms. The van der Waals surface area contributed by atoms with E-state index in [1.807, 2.05) is 17.3 Å². The van der Waals surface area contributed by atoms with Gasteiger partial charge in [0.1, 0.15) is 5.82 Å². The molecule has 25 heavy (non-hydrogen) atoms. The molecule has 1 aliphatic rings. The predicted molar refractivity (Wildman–Crippen MR) is 96.2 cm³/mol. The Morgan fingerprint density at radius 1 is 1.44 bits per heavy atom. The maximum atomic E-state index is 12.8. The molecule has 0 aliphatic carbocycles. The van der Waals surface area contributed by atoms with Gasteiger partial charge >= 0.3 is 0 Å². The fourth-order valence-electron chi connectivity index (χ4n) is 3.47. The van der Waals surface area contributed by atoms with Gasteiger partial charge in [0.05, 0.1) is 11.6 Å². The van der Waals surface area contributed by atoms with Gasteiger partial charge < -0.3 is 9.47 Å². The van der Waals surface area contributed by atoms with Crippen molar-refractivity contribution in [2.24, 2.45) is 0 Å². The van der Waals surface area contributed by atoms with Crippen molar-refractivity contribution in [1.82, 2.24) is 14.5 Å². The van der Waals surface area contributed by atoms with Gasteiger partial charge in [-0.05, 0) is 37.5 Å². The second kappa shape index (κ2) is 7.98. The number of aromatic nitrogens is 2. The molecule has 1 atom stereocenters. The molecule has 1 aromatic carbocycles. The molecule has 1 aliphatic heterocycles. The molecule has 0 radical (unpaired) electrons. The Bertz CT molecular complexity index is 774. The van der Waals surface area contributed by atoms with E-state index in [-0.39, 0.29) is 11.8 Å². The monoisotopic (exact) mass is 336 g/mol. The smallest absolute Gasteiger partial charge is 0.253 e. The number of rotatable bonds is 5. The minimum atomic E-state index is 0.00784. The van der Waals surface area contributed by atoms with Crippen LogP contribution in [-0.4, -0.2) is 33.4 Å². The minimum Gasteiger partial charge on any atom is -0.338 e. The number of nitrogens with zero attached hydrogens (tertiary/aromatic N) is 4. The second-order valence-corrected chi connectivity index (χ2v) is 6.62. The first-order valence-electron chi connectivity index (χ1n) is 9.03. The van der Waals surface area contributed by atoms with E-state index in [0.717, 1.165) is 44.6 Å². The number of piperidine rings is 1. The molecular weight excluding hydrogens is 312 g/mol. The fraction of sp³-hybridized carbons (Fsp3) is 0.450. The Hall–Kier alpha value is -2.61. The zero-order chi connectivity index (χ0) is 17.6. The van der Waals surface area contributed by atoms with Crippen molar-refractivity contribution < 1.29 is 4.79 Å². The maximum absolute atomic E-state index is 12.8. The van der Waals surface area contributed by atoms with Crippen LogP contribution in [0.4, 0.5) is 0 Å². The third kappa shape index (κ3) is 3.90. The lowest BCUT2D eigenvalue weighted by molar-refractivity contribution is 0.0703. The van der Waals surface area contributed by atoms with Crippen LogP contribution in [0.25, 0.3) is 0 Å². The summed E-state index contributed by atoms with van der Waals surface area (Å²) < 4.78 is 2.23. The van der Waals surface area contributed by atoms with Gasteiger partial charge in [0.25, 0.3) is 5.91 Å². The van der Waals surface area contributed by atoms with Gasteiger partial charge in [-0.3, -0.25) is 4.79 Å². The lowest BCUT2D eigenvalue weighted by atomic mass is 9.96. The van der Waals surface area contributed by atoms with E-state index in [9.17, 15) is 4.79 Å². The number of amides is 1. The van der Waals surface area contributed by atoms with Crippen molar-refractivity contribution in [3.05, 3.63) is 53.6 Å². The number of benzene rings is 1. The molecule has 1 fully saturated rings. The lowest BCUT2D eigenvalue weighted by Gasteiger charge is -2.32. The summed E-state index contributed by atoms with van der Waals surface area (Å²) >= 11 is 0. The number of carbonyl (C=O) groups is 1. The summed E-state index contributed by atoms with van der Waals surface area (Å²) in [5, 5.41) is 9.04. The van der Waals surface area contributed by atoms with E-state index in [2.05, 4.69) is 22.5 Å². The van der Waals surface area contributed by atoms with Gasteiger partial charge in [-0.15, -0.1) is 0 Å². The van der Waals surface area contributed by atoms with Gasteiger partial charge in [0.2, 0.25) is 0 Å². The highest BCUT2D eigenvalue weighted by atomic mass is 16.2. The Labute approximate surface area is 148 Å². The molecule has 2 heterocycles. The Morgan fingerprint density at radius 3 is 3.12 bits per heavy atom. The predicted octanol–water partition coefficient (Wildman–Crippen LogP) is 3.57. The van der Waals surface area contributed by atoms with Gasteiger partial charge in [-0.25, -0.2) is 4.98 Å². The molecule has 1 amide bonds. The van der Waals surface area contributed by atoms with Crippen LogP contribution < -0.4 is 0 Å². The first kappa shape index (κ1) is 17.2. The standard InChI is InChI=1S/C20H24N4O/c1-2-3-10-23-12-9-22-19(23)18-8-5-11-24(15-18)20(25)17-7-4-6-16(13-17)14-21/h4,6-7,9,12-13,18H,2-3,5,8,10-11,15H2,1H3. The van der Waals surface area contributed by atoms with Crippen molar-refractivity contribution >= 4 is 5.91 Å². The average molecular weight is 336 g/mol. The molecule has 1 aromatic heterocycles. The van der Waals surface area contributed by atoms with Crippen LogP contribution in [0.5, 0.6) is 0 Å². The van der Waals surface area contributed by atoms with Gasteiger partial charge in [0, 0.05) is 43.5 Å². The summed E-state index contributed by atoms with van der Waals surface area (Å²) in [6.45, 7) is 4.63. The Balaban J connectivity index is 1.74. The first-order valence-corrected chi connectivity index (χ1v) is 9.03. The summed E-state index contributed by atoms with van der Waals surface area (Å²) in [4.78, 5) is 19.3. The maximum Gasteiger partial charge on any atom is 0.253 e. The lowest BCUT2D eigenvalue weighted by Crippen LogP contribution is -2.39. The van der Waals surface area contributed by atoms with E-state index in [4.69, 9.17) is 5.26 Å². The molecule has 5 heteroatoms. The SMILES string of the molecule is CCCCn1ccnc1C1CCCN(C(=O)c2cccc(C#N)c2)C1. The molecule has 2 aromatic rings. The molecule has 1 unspecified atom stereocenters. The molecule has 130 valence electrons. The van der Waals surface area contributed by atoms with E-state index in [0.29, 0.717) is 17.7 Å². The second-order valence-electron chi connectivity index (χ2n) is 6.62. The third-order valence-corrected chi connectivity index (χ3v) is 4.81. The van der Waals surface area contributed by atoms with Crippen LogP contribution in [0.2, 0.25) is 0 Å². The number of carbonyl (C=O) groups excluding carboxylic acids is 1. The van der Waals surface area contributed by atoms with E-state index in [1.54, 1.807) is 24.3 Å². The van der Waals surface area contributed by atoms with E-state index in [1.165, 1.54) is 0 Å². The van der Waals surface area contributed by atoms with Crippen LogP contribution >= 0.6 is 0 Å². The molecular formula is C20H24N4O. The topological polar surface area (TPSA) is 61.9 Å². The third-order valence-electron chi connectivity index (χ3n) is 4.81. The largest absolute Gasteiger partial charge is 0.338 e. The van der Waals surface area contributed by atoms with Crippen molar-refractivity contribution in [3.63, 3.8) is 0 Å². The molecule has 3 rings (SSSR count). The summed E-state index contributed by atoms with van der Waals surface area (Å²) in [5.74, 6) is 1.38. The van der Waals surface area contributed by atoms with Crippen molar-refractivity contribution in [2.75, 3.05) is 13.1 Å². The number of likely N-dealkylation sites (tertiary alicyclic amines) is 1. The molecule has 1 saturated heterocycles. The quantitative estimate of drug-likeness (QED) is 0.838. The fourth-order valence-corrected chi connectivity index (χ4v) is 3.47. The van der Waals surface area contributed by atoms with E-state index < -0.39 is 0 Å². The molecule has 0 N–H and O–H groups in total. The highest BCUT2D eigenvalue weighted by Gasteiger charge is 2.28. The van der Waals surface area contributed by atoms with Crippen LogP contribution in [-0.2, 0) is 6.54 Å². The minimum absolute atomic E-state index is 0.00784. The number of unbranched alkanes of at least 4 members (excludes halogenated alkanes) is 1. The molecule has 5 nitrogen and oxygen atoms in total. The zero-order valence-corrected chi connectivity index (χ0v) is 14.7. The normalized spacial score (nSPS) is 17.3. The van der Waals surface area contributed by atoms with Gasteiger partial charge in [-0.2, -0.15) is 5.26 Å². The number of aryl methyl sites for hydroxylation is 1.